The Labute approximate surface area is 92.4 Å². The van der Waals surface area contributed by atoms with Crippen LogP contribution in [0, 0.1) is 5.41 Å². The first kappa shape index (κ1) is 12.5. The third-order valence-electron chi connectivity index (χ3n) is 3.58. The molecule has 1 saturated carbocycles. The van der Waals surface area contributed by atoms with E-state index >= 15 is 0 Å². The van der Waals surface area contributed by atoms with E-state index in [4.69, 9.17) is 10.5 Å². The molecule has 1 atom stereocenters. The number of rotatable bonds is 4. The summed E-state index contributed by atoms with van der Waals surface area (Å²) in [4.78, 5) is 11.3. The van der Waals surface area contributed by atoms with Gasteiger partial charge in [0.15, 0.2) is 0 Å². The Morgan fingerprint density at radius 3 is 2.53 bits per heavy atom. The number of nitrogens with two attached hydrogens (primary N) is 1. The van der Waals surface area contributed by atoms with Gasteiger partial charge in [-0.15, -0.1) is 0 Å². The van der Waals surface area contributed by atoms with Crippen LogP contribution in [0.1, 0.15) is 52.4 Å². The van der Waals surface area contributed by atoms with Gasteiger partial charge in [0.05, 0.1) is 13.0 Å². The Morgan fingerprint density at radius 1 is 1.40 bits per heavy atom. The van der Waals surface area contributed by atoms with Gasteiger partial charge in [-0.2, -0.15) is 0 Å². The van der Waals surface area contributed by atoms with Crippen molar-refractivity contribution in [2.75, 3.05) is 6.61 Å². The van der Waals surface area contributed by atoms with E-state index in [0.717, 1.165) is 12.8 Å². The lowest BCUT2D eigenvalue weighted by molar-refractivity contribution is -0.144. The highest BCUT2D eigenvalue weighted by atomic mass is 16.5. The summed E-state index contributed by atoms with van der Waals surface area (Å²) >= 11 is 0. The molecule has 15 heavy (non-hydrogen) atoms. The van der Waals surface area contributed by atoms with Crippen LogP contribution in [0.25, 0.3) is 0 Å². The zero-order valence-corrected chi connectivity index (χ0v) is 9.92. The van der Waals surface area contributed by atoms with Crippen molar-refractivity contribution in [1.82, 2.24) is 0 Å². The fraction of sp³-hybridized carbons (Fsp3) is 0.917. The van der Waals surface area contributed by atoms with Gasteiger partial charge in [0.25, 0.3) is 0 Å². The maximum atomic E-state index is 11.3. The molecule has 0 aliphatic heterocycles. The van der Waals surface area contributed by atoms with Crippen molar-refractivity contribution in [3.05, 3.63) is 0 Å². The van der Waals surface area contributed by atoms with E-state index in [0.29, 0.717) is 13.0 Å². The van der Waals surface area contributed by atoms with Gasteiger partial charge in [0.2, 0.25) is 0 Å². The Balaban J connectivity index is 2.43. The topological polar surface area (TPSA) is 52.3 Å². The molecule has 1 aliphatic rings. The number of carbonyl (C=O) groups excluding carboxylic acids is 1. The number of esters is 1. The molecule has 3 heteroatoms. The van der Waals surface area contributed by atoms with Gasteiger partial charge in [-0.1, -0.05) is 26.2 Å². The van der Waals surface area contributed by atoms with Gasteiger partial charge in [0, 0.05) is 6.04 Å². The third-order valence-corrected chi connectivity index (χ3v) is 3.58. The summed E-state index contributed by atoms with van der Waals surface area (Å²) in [6, 6.07) is -0.0446. The monoisotopic (exact) mass is 213 g/mol. The highest BCUT2D eigenvalue weighted by Crippen LogP contribution is 2.38. The quantitative estimate of drug-likeness (QED) is 0.729. The second kappa shape index (κ2) is 5.50. The second-order valence-electron chi connectivity index (χ2n) is 4.83. The Morgan fingerprint density at radius 2 is 2.00 bits per heavy atom. The zero-order valence-electron chi connectivity index (χ0n) is 9.92. The number of ether oxygens (including phenoxy) is 1. The lowest BCUT2D eigenvalue weighted by Gasteiger charge is -2.38. The lowest BCUT2D eigenvalue weighted by Crippen LogP contribution is -2.42. The van der Waals surface area contributed by atoms with Crippen molar-refractivity contribution >= 4 is 5.97 Å². The number of hydrogen-bond acceptors (Lipinski definition) is 3. The summed E-state index contributed by atoms with van der Waals surface area (Å²) in [6.45, 7) is 4.48. The van der Waals surface area contributed by atoms with Crippen LogP contribution in [0.5, 0.6) is 0 Å². The molecule has 0 amide bonds. The molecular formula is C12H23NO2. The van der Waals surface area contributed by atoms with E-state index in [-0.39, 0.29) is 17.4 Å². The first-order valence-electron chi connectivity index (χ1n) is 5.99. The predicted molar refractivity (Wildman–Crippen MR) is 60.4 cm³/mol. The molecule has 1 rings (SSSR count). The first-order chi connectivity index (χ1) is 7.08. The minimum absolute atomic E-state index is 0.0446. The van der Waals surface area contributed by atoms with E-state index in [9.17, 15) is 4.79 Å². The highest BCUT2D eigenvalue weighted by Gasteiger charge is 2.34. The molecule has 88 valence electrons. The normalized spacial score (nSPS) is 22.1. The van der Waals surface area contributed by atoms with Gasteiger partial charge in [-0.05, 0) is 25.2 Å². The van der Waals surface area contributed by atoms with Crippen molar-refractivity contribution in [3.8, 4) is 0 Å². The Hall–Kier alpha value is -0.570. The molecule has 0 radical (unpaired) electrons. The average molecular weight is 213 g/mol. The van der Waals surface area contributed by atoms with Gasteiger partial charge in [-0.25, -0.2) is 0 Å². The maximum absolute atomic E-state index is 11.3. The Kier molecular flexibility index (Phi) is 4.58. The van der Waals surface area contributed by atoms with E-state index in [1.165, 1.54) is 19.3 Å². The van der Waals surface area contributed by atoms with E-state index < -0.39 is 0 Å². The van der Waals surface area contributed by atoms with Crippen LogP contribution in [0.15, 0.2) is 0 Å². The molecule has 0 spiro atoms. The minimum Gasteiger partial charge on any atom is -0.466 e. The van der Waals surface area contributed by atoms with Crippen LogP contribution < -0.4 is 5.73 Å². The molecular weight excluding hydrogens is 190 g/mol. The highest BCUT2D eigenvalue weighted by molar-refractivity contribution is 5.70. The van der Waals surface area contributed by atoms with Crippen molar-refractivity contribution in [2.24, 2.45) is 11.1 Å². The predicted octanol–water partition coefficient (Wildman–Crippen LogP) is 2.24. The Bertz CT molecular complexity index is 210. The molecule has 0 aromatic carbocycles. The molecule has 0 unspecified atom stereocenters. The molecule has 0 aromatic heterocycles. The fourth-order valence-electron chi connectivity index (χ4n) is 2.38. The summed E-state index contributed by atoms with van der Waals surface area (Å²) in [5.41, 5.74) is 6.26. The average Bonchev–Trinajstić information content (AvgIpc) is 2.19. The largest absolute Gasteiger partial charge is 0.466 e. The second-order valence-corrected chi connectivity index (χ2v) is 4.83. The van der Waals surface area contributed by atoms with Gasteiger partial charge < -0.3 is 10.5 Å². The lowest BCUT2D eigenvalue weighted by atomic mass is 9.70. The summed E-state index contributed by atoms with van der Waals surface area (Å²) in [5, 5.41) is 0. The summed E-state index contributed by atoms with van der Waals surface area (Å²) in [5.74, 6) is -0.156. The SMILES string of the molecule is CCOC(=O)C[C@@H](N)C1(C)CCCCC1. The number of carbonyl (C=O) groups is 1. The van der Waals surface area contributed by atoms with Crippen LogP contribution in [0.3, 0.4) is 0 Å². The molecule has 0 saturated heterocycles. The molecule has 0 aromatic rings. The van der Waals surface area contributed by atoms with Gasteiger partial charge >= 0.3 is 5.97 Å². The standard InChI is InChI=1S/C12H23NO2/c1-3-15-11(14)9-10(13)12(2)7-5-4-6-8-12/h10H,3-9,13H2,1-2H3/t10-/m1/s1. The third kappa shape index (κ3) is 3.49. The van der Waals surface area contributed by atoms with Crippen LogP contribution >= 0.6 is 0 Å². The molecule has 3 nitrogen and oxygen atoms in total. The molecule has 0 bridgehead atoms. The van der Waals surface area contributed by atoms with Crippen molar-refractivity contribution in [2.45, 2.75) is 58.4 Å². The van der Waals surface area contributed by atoms with Crippen molar-refractivity contribution in [3.63, 3.8) is 0 Å². The van der Waals surface area contributed by atoms with Gasteiger partial charge in [-0.3, -0.25) is 4.79 Å². The molecule has 2 N–H and O–H groups in total. The first-order valence-corrected chi connectivity index (χ1v) is 5.99. The van der Waals surface area contributed by atoms with E-state index in [2.05, 4.69) is 6.92 Å². The summed E-state index contributed by atoms with van der Waals surface area (Å²) in [6.07, 6.45) is 6.45. The van der Waals surface area contributed by atoms with Gasteiger partial charge in [0.1, 0.15) is 0 Å². The maximum Gasteiger partial charge on any atom is 0.307 e. The number of hydrogen-bond donors (Lipinski definition) is 1. The fourth-order valence-corrected chi connectivity index (χ4v) is 2.38. The van der Waals surface area contributed by atoms with Crippen LogP contribution in [-0.2, 0) is 9.53 Å². The smallest absolute Gasteiger partial charge is 0.307 e. The van der Waals surface area contributed by atoms with E-state index in [1.807, 2.05) is 6.92 Å². The minimum atomic E-state index is -0.156. The zero-order chi connectivity index (χ0) is 11.3. The molecule has 1 aliphatic carbocycles. The van der Waals surface area contributed by atoms with Crippen molar-refractivity contribution in [1.29, 1.82) is 0 Å². The molecule has 0 heterocycles. The summed E-state index contributed by atoms with van der Waals surface area (Å²) in [7, 11) is 0. The molecule has 1 fully saturated rings. The van der Waals surface area contributed by atoms with E-state index in [1.54, 1.807) is 0 Å². The van der Waals surface area contributed by atoms with Crippen molar-refractivity contribution < 1.29 is 9.53 Å². The van der Waals surface area contributed by atoms with Crippen LogP contribution in [0.2, 0.25) is 0 Å². The van der Waals surface area contributed by atoms with Crippen LogP contribution in [0.4, 0.5) is 0 Å². The van der Waals surface area contributed by atoms with Crippen LogP contribution in [-0.4, -0.2) is 18.6 Å². The summed E-state index contributed by atoms with van der Waals surface area (Å²) < 4.78 is 4.93.